The second-order valence-corrected chi connectivity index (χ2v) is 5.81. The summed E-state index contributed by atoms with van der Waals surface area (Å²) in [5.41, 5.74) is 1.07. The Bertz CT molecular complexity index is 428. The molecule has 0 radical (unpaired) electrons. The average molecular weight is 281 g/mol. The SMILES string of the molecule is C=CC[C@H](CC)NC(=O)NCCc1sc(C)nc1C. The van der Waals surface area contributed by atoms with E-state index in [1.165, 1.54) is 4.88 Å². The highest BCUT2D eigenvalue weighted by molar-refractivity contribution is 7.11. The van der Waals surface area contributed by atoms with Crippen molar-refractivity contribution in [1.82, 2.24) is 15.6 Å². The van der Waals surface area contributed by atoms with Gasteiger partial charge in [-0.05, 0) is 26.7 Å². The number of urea groups is 1. The van der Waals surface area contributed by atoms with E-state index < -0.39 is 0 Å². The highest BCUT2D eigenvalue weighted by Gasteiger charge is 2.09. The average Bonchev–Trinajstić information content (AvgIpc) is 2.67. The van der Waals surface area contributed by atoms with Crippen LogP contribution in [-0.2, 0) is 6.42 Å². The van der Waals surface area contributed by atoms with Gasteiger partial charge < -0.3 is 10.6 Å². The largest absolute Gasteiger partial charge is 0.338 e. The van der Waals surface area contributed by atoms with Crippen LogP contribution in [0.2, 0.25) is 0 Å². The van der Waals surface area contributed by atoms with E-state index in [1.807, 2.05) is 19.9 Å². The molecule has 1 heterocycles. The van der Waals surface area contributed by atoms with Crippen molar-refractivity contribution in [2.24, 2.45) is 0 Å². The van der Waals surface area contributed by atoms with Gasteiger partial charge in [0.05, 0.1) is 10.7 Å². The van der Waals surface area contributed by atoms with Gasteiger partial charge in [-0.2, -0.15) is 0 Å². The van der Waals surface area contributed by atoms with Gasteiger partial charge in [0.2, 0.25) is 0 Å². The number of aryl methyl sites for hydroxylation is 2. The fourth-order valence-corrected chi connectivity index (χ4v) is 2.80. The van der Waals surface area contributed by atoms with Crippen LogP contribution in [0.5, 0.6) is 0 Å². The molecule has 0 fully saturated rings. The normalized spacial score (nSPS) is 11.9. The van der Waals surface area contributed by atoms with Crippen LogP contribution < -0.4 is 10.6 Å². The Morgan fingerprint density at radius 1 is 1.53 bits per heavy atom. The number of hydrogen-bond donors (Lipinski definition) is 2. The second kappa shape index (κ2) is 7.94. The first-order valence-electron chi connectivity index (χ1n) is 6.65. The predicted molar refractivity (Wildman–Crippen MR) is 80.7 cm³/mol. The molecule has 2 N–H and O–H groups in total. The Morgan fingerprint density at radius 2 is 2.26 bits per heavy atom. The minimum Gasteiger partial charge on any atom is -0.338 e. The summed E-state index contributed by atoms with van der Waals surface area (Å²) in [4.78, 5) is 17.3. The molecule has 5 heteroatoms. The molecule has 0 saturated heterocycles. The summed E-state index contributed by atoms with van der Waals surface area (Å²) in [6, 6.07) is 0.0671. The van der Waals surface area contributed by atoms with Crippen LogP contribution in [0, 0.1) is 13.8 Å². The van der Waals surface area contributed by atoms with Crippen LogP contribution >= 0.6 is 11.3 Å². The molecule has 0 saturated carbocycles. The van der Waals surface area contributed by atoms with Gasteiger partial charge in [0.25, 0.3) is 0 Å². The molecule has 0 unspecified atom stereocenters. The Morgan fingerprint density at radius 3 is 2.79 bits per heavy atom. The van der Waals surface area contributed by atoms with Crippen molar-refractivity contribution >= 4 is 17.4 Å². The highest BCUT2D eigenvalue weighted by Crippen LogP contribution is 2.16. The molecule has 0 aliphatic carbocycles. The fourth-order valence-electron chi connectivity index (χ4n) is 1.86. The molecule has 1 aromatic heterocycles. The molecular weight excluding hydrogens is 258 g/mol. The molecule has 2 amide bonds. The first-order chi connectivity index (χ1) is 9.06. The van der Waals surface area contributed by atoms with E-state index in [2.05, 4.69) is 29.1 Å². The molecule has 1 atom stereocenters. The van der Waals surface area contributed by atoms with E-state index in [0.717, 1.165) is 30.0 Å². The van der Waals surface area contributed by atoms with Gasteiger partial charge in [0.15, 0.2) is 0 Å². The third-order valence-electron chi connectivity index (χ3n) is 2.92. The van der Waals surface area contributed by atoms with Crippen LogP contribution in [0.3, 0.4) is 0 Å². The van der Waals surface area contributed by atoms with Crippen LogP contribution in [0.4, 0.5) is 4.79 Å². The van der Waals surface area contributed by atoms with Crippen molar-refractivity contribution in [3.8, 4) is 0 Å². The van der Waals surface area contributed by atoms with Crippen molar-refractivity contribution in [2.75, 3.05) is 6.54 Å². The van der Waals surface area contributed by atoms with Gasteiger partial charge in [-0.3, -0.25) is 0 Å². The lowest BCUT2D eigenvalue weighted by molar-refractivity contribution is 0.237. The third-order valence-corrected chi connectivity index (χ3v) is 4.05. The maximum atomic E-state index is 11.7. The standard InChI is InChI=1S/C14H23N3OS/c1-5-7-12(6-2)17-14(18)15-9-8-13-10(3)16-11(4)19-13/h5,12H,1,6-9H2,2-4H3,(H2,15,17,18)/t12-/m0/s1. The molecule has 19 heavy (non-hydrogen) atoms. The Balaban J connectivity index is 2.30. The molecule has 1 aromatic rings. The van der Waals surface area contributed by atoms with Crippen molar-refractivity contribution in [2.45, 2.75) is 46.1 Å². The van der Waals surface area contributed by atoms with E-state index in [-0.39, 0.29) is 12.1 Å². The number of hydrogen-bond acceptors (Lipinski definition) is 3. The van der Waals surface area contributed by atoms with Crippen molar-refractivity contribution in [1.29, 1.82) is 0 Å². The summed E-state index contributed by atoms with van der Waals surface area (Å²) >= 11 is 1.70. The molecule has 106 valence electrons. The molecule has 0 aliphatic rings. The summed E-state index contributed by atoms with van der Waals surface area (Å²) in [5, 5.41) is 6.90. The highest BCUT2D eigenvalue weighted by atomic mass is 32.1. The monoisotopic (exact) mass is 281 g/mol. The molecular formula is C14H23N3OS. The van der Waals surface area contributed by atoms with Crippen molar-refractivity contribution in [3.05, 3.63) is 28.2 Å². The molecule has 1 rings (SSSR count). The van der Waals surface area contributed by atoms with E-state index in [4.69, 9.17) is 0 Å². The van der Waals surface area contributed by atoms with Gasteiger partial charge in [-0.1, -0.05) is 13.0 Å². The quantitative estimate of drug-likeness (QED) is 0.755. The fraction of sp³-hybridized carbons (Fsp3) is 0.571. The van der Waals surface area contributed by atoms with E-state index >= 15 is 0 Å². The zero-order chi connectivity index (χ0) is 14.3. The van der Waals surface area contributed by atoms with Crippen LogP contribution in [0.25, 0.3) is 0 Å². The third kappa shape index (κ3) is 5.42. The summed E-state index contributed by atoms with van der Waals surface area (Å²) in [5.74, 6) is 0. The minimum atomic E-state index is -0.104. The van der Waals surface area contributed by atoms with Gasteiger partial charge >= 0.3 is 6.03 Å². The summed E-state index contributed by atoms with van der Waals surface area (Å²) in [6.07, 6.45) is 4.38. The molecule has 0 aromatic carbocycles. The molecule has 0 spiro atoms. The number of carbonyl (C=O) groups excluding carboxylic acids is 1. The minimum absolute atomic E-state index is 0.104. The number of aromatic nitrogens is 1. The number of carbonyl (C=O) groups is 1. The van der Waals surface area contributed by atoms with Gasteiger partial charge in [-0.25, -0.2) is 9.78 Å². The first-order valence-corrected chi connectivity index (χ1v) is 7.46. The van der Waals surface area contributed by atoms with Gasteiger partial charge in [0, 0.05) is 23.9 Å². The maximum Gasteiger partial charge on any atom is 0.315 e. The van der Waals surface area contributed by atoms with E-state index in [1.54, 1.807) is 11.3 Å². The number of nitrogens with zero attached hydrogens (tertiary/aromatic N) is 1. The smallest absolute Gasteiger partial charge is 0.315 e. The zero-order valence-electron chi connectivity index (χ0n) is 12.0. The van der Waals surface area contributed by atoms with Crippen LogP contribution in [-0.4, -0.2) is 23.6 Å². The Kier molecular flexibility index (Phi) is 6.56. The van der Waals surface area contributed by atoms with Crippen LogP contribution in [0.1, 0.15) is 35.3 Å². The Labute approximate surface area is 119 Å². The zero-order valence-corrected chi connectivity index (χ0v) is 12.8. The lowest BCUT2D eigenvalue weighted by Gasteiger charge is -2.15. The topological polar surface area (TPSA) is 54.0 Å². The first kappa shape index (κ1) is 15.7. The van der Waals surface area contributed by atoms with E-state index in [0.29, 0.717) is 6.54 Å². The summed E-state index contributed by atoms with van der Waals surface area (Å²) < 4.78 is 0. The van der Waals surface area contributed by atoms with Gasteiger partial charge in [0.1, 0.15) is 0 Å². The van der Waals surface area contributed by atoms with Crippen molar-refractivity contribution in [3.63, 3.8) is 0 Å². The number of amides is 2. The Hall–Kier alpha value is -1.36. The lowest BCUT2D eigenvalue weighted by atomic mass is 10.1. The maximum absolute atomic E-state index is 11.7. The molecule has 0 aliphatic heterocycles. The predicted octanol–water partition coefficient (Wildman–Crippen LogP) is 2.96. The van der Waals surface area contributed by atoms with E-state index in [9.17, 15) is 4.79 Å². The van der Waals surface area contributed by atoms with Crippen LogP contribution in [0.15, 0.2) is 12.7 Å². The lowest BCUT2D eigenvalue weighted by Crippen LogP contribution is -2.42. The number of nitrogens with one attached hydrogen (secondary N) is 2. The molecule has 0 bridgehead atoms. The molecule has 4 nitrogen and oxygen atoms in total. The number of thiazole rings is 1. The second-order valence-electron chi connectivity index (χ2n) is 4.52. The number of rotatable bonds is 7. The van der Waals surface area contributed by atoms with Gasteiger partial charge in [-0.15, -0.1) is 17.9 Å². The summed E-state index contributed by atoms with van der Waals surface area (Å²) in [7, 11) is 0. The van der Waals surface area contributed by atoms with Crippen molar-refractivity contribution < 1.29 is 4.79 Å². The summed E-state index contributed by atoms with van der Waals surface area (Å²) in [6.45, 7) is 10.4.